The van der Waals surface area contributed by atoms with Crippen molar-refractivity contribution in [3.05, 3.63) is 35.9 Å². The Morgan fingerprint density at radius 1 is 1.17 bits per heavy atom. The van der Waals surface area contributed by atoms with Crippen molar-refractivity contribution in [1.82, 2.24) is 0 Å². The van der Waals surface area contributed by atoms with Gasteiger partial charge in [-0.3, -0.25) is 0 Å². The summed E-state index contributed by atoms with van der Waals surface area (Å²) in [4.78, 5) is 0. The molecule has 0 unspecified atom stereocenters. The molecule has 0 saturated heterocycles. The molecule has 0 heterocycles. The van der Waals surface area contributed by atoms with Crippen molar-refractivity contribution in [2.24, 2.45) is 0 Å². The van der Waals surface area contributed by atoms with Gasteiger partial charge in [0.05, 0.1) is 0 Å². The van der Waals surface area contributed by atoms with Crippen LogP contribution in [-0.4, -0.2) is 0 Å². The van der Waals surface area contributed by atoms with E-state index >= 15 is 0 Å². The van der Waals surface area contributed by atoms with Gasteiger partial charge in [0.2, 0.25) is 0 Å². The fourth-order valence-electron chi connectivity index (χ4n) is 0.570. The van der Waals surface area contributed by atoms with Crippen LogP contribution in [0.25, 0.3) is 0 Å². The van der Waals surface area contributed by atoms with Crippen LogP contribution in [0, 0.1) is 6.07 Å². The Labute approximate surface area is 96.0 Å². The normalized spacial score (nSPS) is 9.58. The van der Waals surface area contributed by atoms with Gasteiger partial charge in [0.15, 0.2) is 0 Å². The van der Waals surface area contributed by atoms with Gasteiger partial charge in [0.25, 0.3) is 0 Å². The molecule has 0 N–H and O–H groups in total. The fourth-order valence-corrected chi connectivity index (χ4v) is 0.570. The van der Waals surface area contributed by atoms with Crippen LogP contribution in [0.3, 0.4) is 0 Å². The summed E-state index contributed by atoms with van der Waals surface area (Å²) in [5.74, 6) is 0. The van der Waals surface area contributed by atoms with Crippen molar-refractivity contribution in [3.63, 3.8) is 0 Å². The van der Waals surface area contributed by atoms with Crippen LogP contribution in [-0.2, 0) is 23.2 Å². The smallest absolute Gasteiger partial charge is 1.00 e. The molecule has 0 aliphatic rings. The summed E-state index contributed by atoms with van der Waals surface area (Å²) in [5.41, 5.74) is -0.727. The summed E-state index contributed by atoms with van der Waals surface area (Å²) in [7, 11) is 0. The van der Waals surface area contributed by atoms with E-state index in [4.69, 9.17) is 0 Å². The first kappa shape index (κ1) is 14.8. The minimum Gasteiger partial charge on any atom is -1.00 e. The molecule has 0 amide bonds. The van der Waals surface area contributed by atoms with E-state index in [-0.39, 0.29) is 41.0 Å². The third kappa shape index (κ3) is 4.33. The summed E-state index contributed by atoms with van der Waals surface area (Å²) in [5, 5.41) is 0. The van der Waals surface area contributed by atoms with Crippen molar-refractivity contribution in [1.29, 1.82) is 0 Å². The van der Waals surface area contributed by atoms with Crippen LogP contribution in [0.2, 0.25) is 0 Å². The standard InChI is InChI=1S/C7H4F3.HI.Mn/c8-7(9,10)6-4-2-1-3-5-6;;/h1-4H;1H;/q-1;;+2/p-1. The molecule has 0 nitrogen and oxygen atoms in total. The van der Waals surface area contributed by atoms with Gasteiger partial charge < -0.3 is 24.0 Å². The quantitative estimate of drug-likeness (QED) is 0.343. The van der Waals surface area contributed by atoms with Crippen LogP contribution in [0.15, 0.2) is 24.3 Å². The van der Waals surface area contributed by atoms with E-state index in [1.807, 2.05) is 0 Å². The molecule has 67 valence electrons. The predicted molar refractivity (Wildman–Crippen MR) is 30.3 cm³/mol. The van der Waals surface area contributed by atoms with Crippen LogP contribution in [0.4, 0.5) is 13.2 Å². The molecule has 0 atom stereocenters. The monoisotopic (exact) mass is 327 g/mol. The molecule has 0 fully saturated rings. The molecular formula is C7H4F3IMn. The summed E-state index contributed by atoms with van der Waals surface area (Å²) in [6, 6.07) is 7.14. The van der Waals surface area contributed by atoms with E-state index in [0.29, 0.717) is 0 Å². The van der Waals surface area contributed by atoms with Crippen molar-refractivity contribution in [2.45, 2.75) is 6.18 Å². The van der Waals surface area contributed by atoms with Gasteiger partial charge in [-0.2, -0.15) is 43.5 Å². The molecule has 0 spiro atoms. The van der Waals surface area contributed by atoms with Gasteiger partial charge in [-0.05, 0) is 0 Å². The number of hydrogen-bond donors (Lipinski definition) is 0. The molecular weight excluding hydrogens is 323 g/mol. The maximum Gasteiger partial charge on any atom is 2.00 e. The number of benzene rings is 1. The maximum absolute atomic E-state index is 11.8. The molecule has 12 heavy (non-hydrogen) atoms. The van der Waals surface area contributed by atoms with Crippen LogP contribution in [0.5, 0.6) is 0 Å². The minimum atomic E-state index is -4.26. The Hall–Kier alpha value is 0.259. The van der Waals surface area contributed by atoms with E-state index in [2.05, 4.69) is 6.07 Å². The molecule has 0 aromatic heterocycles. The Morgan fingerprint density at radius 2 is 1.75 bits per heavy atom. The third-order valence-corrected chi connectivity index (χ3v) is 1.01. The Bertz CT molecular complexity index is 210. The van der Waals surface area contributed by atoms with E-state index < -0.39 is 11.7 Å². The summed E-state index contributed by atoms with van der Waals surface area (Å²) < 4.78 is 35.3. The van der Waals surface area contributed by atoms with E-state index in [0.717, 1.165) is 6.07 Å². The Morgan fingerprint density at radius 3 is 2.00 bits per heavy atom. The topological polar surface area (TPSA) is 0 Å². The zero-order valence-corrected chi connectivity index (χ0v) is 9.04. The first-order chi connectivity index (χ1) is 4.61. The molecule has 0 bridgehead atoms. The van der Waals surface area contributed by atoms with E-state index in [1.54, 1.807) is 0 Å². The molecule has 1 aromatic rings. The molecule has 1 rings (SSSR count). The molecule has 0 saturated carbocycles. The molecule has 1 aromatic carbocycles. The van der Waals surface area contributed by atoms with Crippen LogP contribution >= 0.6 is 0 Å². The summed E-state index contributed by atoms with van der Waals surface area (Å²) >= 11 is 0. The molecule has 0 aliphatic heterocycles. The van der Waals surface area contributed by atoms with Gasteiger partial charge in [-0.15, -0.1) is 0 Å². The second-order valence-corrected chi connectivity index (χ2v) is 1.77. The van der Waals surface area contributed by atoms with Gasteiger partial charge in [0, 0.05) is 0 Å². The average Bonchev–Trinajstić information content (AvgIpc) is 1.88. The van der Waals surface area contributed by atoms with E-state index in [1.165, 1.54) is 18.2 Å². The van der Waals surface area contributed by atoms with Crippen molar-refractivity contribution < 1.29 is 54.2 Å². The Kier molecular flexibility index (Phi) is 7.17. The van der Waals surface area contributed by atoms with Crippen LogP contribution in [0.1, 0.15) is 5.56 Å². The molecule has 5 heteroatoms. The average molecular weight is 327 g/mol. The van der Waals surface area contributed by atoms with Crippen LogP contribution < -0.4 is 24.0 Å². The number of halogens is 4. The first-order valence-corrected chi connectivity index (χ1v) is 2.64. The van der Waals surface area contributed by atoms with Gasteiger partial charge in [0.1, 0.15) is 0 Å². The second kappa shape index (κ2) is 5.83. The zero-order valence-electron chi connectivity index (χ0n) is 5.70. The zero-order chi connectivity index (χ0) is 7.61. The summed E-state index contributed by atoms with van der Waals surface area (Å²) in [6.07, 6.45) is -4.26. The number of rotatable bonds is 0. The SMILES string of the molecule is FC(F)(F)c1[c-]cccc1.[I-].[Mn+2]. The van der Waals surface area contributed by atoms with Crippen molar-refractivity contribution >= 4 is 0 Å². The maximum atomic E-state index is 11.8. The minimum absolute atomic E-state index is 0. The van der Waals surface area contributed by atoms with E-state index in [9.17, 15) is 13.2 Å². The fraction of sp³-hybridized carbons (Fsp3) is 0.143. The predicted octanol–water partition coefficient (Wildman–Crippen LogP) is -0.493. The number of alkyl halides is 3. The van der Waals surface area contributed by atoms with Gasteiger partial charge >= 0.3 is 23.2 Å². The van der Waals surface area contributed by atoms with Crippen molar-refractivity contribution in [2.75, 3.05) is 0 Å². The second-order valence-electron chi connectivity index (χ2n) is 1.77. The number of hydrogen-bond acceptors (Lipinski definition) is 0. The van der Waals surface area contributed by atoms with Crippen molar-refractivity contribution in [3.8, 4) is 0 Å². The Balaban J connectivity index is 0. The van der Waals surface area contributed by atoms with Gasteiger partial charge in [-0.1, -0.05) is 5.56 Å². The largest absolute Gasteiger partial charge is 2.00 e. The molecule has 0 aliphatic carbocycles. The third-order valence-electron chi connectivity index (χ3n) is 1.01. The molecule has 1 radical (unpaired) electrons. The summed E-state index contributed by atoms with van der Waals surface area (Å²) in [6.45, 7) is 0. The van der Waals surface area contributed by atoms with Gasteiger partial charge in [-0.25, -0.2) is 0 Å². The first-order valence-electron chi connectivity index (χ1n) is 2.64.